The number of rotatable bonds is 2. The molecule has 1 saturated carbocycles. The van der Waals surface area contributed by atoms with Crippen molar-refractivity contribution < 1.29 is 5.21 Å². The van der Waals surface area contributed by atoms with Crippen molar-refractivity contribution in [2.24, 2.45) is 5.16 Å². The first kappa shape index (κ1) is 8.57. The molecule has 1 aliphatic rings. The fraction of sp³-hybridized carbons (Fsp3) is 0.300. The first-order valence-corrected chi connectivity index (χ1v) is 4.59. The van der Waals surface area contributed by atoms with Gasteiger partial charge in [-0.2, -0.15) is 0 Å². The second kappa shape index (κ2) is 3.04. The van der Waals surface area contributed by atoms with Crippen molar-refractivity contribution in [1.82, 2.24) is 0 Å². The molecule has 0 unspecified atom stereocenters. The van der Waals surface area contributed by atoms with Crippen LogP contribution in [0.2, 0.25) is 5.02 Å². The Bertz CT molecular complexity index is 327. The summed E-state index contributed by atoms with van der Waals surface area (Å²) in [7, 11) is 0. The molecule has 0 atom stereocenters. The van der Waals surface area contributed by atoms with E-state index < -0.39 is 0 Å². The predicted octanol–water partition coefficient (Wildman–Crippen LogP) is 2.83. The Morgan fingerprint density at radius 1 is 1.31 bits per heavy atom. The van der Waals surface area contributed by atoms with Crippen LogP contribution in [-0.4, -0.2) is 11.4 Å². The van der Waals surface area contributed by atoms with E-state index in [9.17, 15) is 0 Å². The summed E-state index contributed by atoms with van der Waals surface area (Å²) in [4.78, 5) is 0. The Balaban J connectivity index is 2.30. The number of halogens is 1. The minimum Gasteiger partial charge on any atom is -0.411 e. The van der Waals surface area contributed by atoms with Crippen LogP contribution in [0.5, 0.6) is 0 Å². The molecule has 0 bridgehead atoms. The van der Waals surface area contributed by atoms with Gasteiger partial charge in [-0.05, 0) is 30.5 Å². The molecule has 0 heterocycles. The van der Waals surface area contributed by atoms with Crippen LogP contribution in [0.15, 0.2) is 29.4 Å². The summed E-state index contributed by atoms with van der Waals surface area (Å²) in [5.41, 5.74) is 1.16. The van der Waals surface area contributed by atoms with Gasteiger partial charge in [0.25, 0.3) is 0 Å². The molecular formula is C10H10ClNO. The third kappa shape index (κ3) is 1.54. The highest BCUT2D eigenvalue weighted by atomic mass is 35.5. The van der Waals surface area contributed by atoms with E-state index in [1.807, 2.05) is 24.3 Å². The molecule has 68 valence electrons. The maximum absolute atomic E-state index is 8.50. The van der Waals surface area contributed by atoms with Gasteiger partial charge in [0.15, 0.2) is 0 Å². The maximum Gasteiger partial charge on any atom is 0.0541 e. The average Bonchev–Trinajstić information content (AvgIpc) is 2.87. The average molecular weight is 196 g/mol. The van der Waals surface area contributed by atoms with Gasteiger partial charge in [0.2, 0.25) is 0 Å². The second-order valence-corrected chi connectivity index (χ2v) is 3.84. The molecule has 0 spiro atoms. The molecule has 0 amide bonds. The van der Waals surface area contributed by atoms with Crippen LogP contribution in [0.1, 0.15) is 18.4 Å². The maximum atomic E-state index is 8.50. The van der Waals surface area contributed by atoms with Gasteiger partial charge in [-0.25, -0.2) is 0 Å². The Morgan fingerprint density at radius 3 is 2.38 bits per heavy atom. The van der Waals surface area contributed by atoms with Crippen molar-refractivity contribution in [3.63, 3.8) is 0 Å². The van der Waals surface area contributed by atoms with Crippen LogP contribution in [-0.2, 0) is 5.41 Å². The molecule has 1 aromatic rings. The van der Waals surface area contributed by atoms with E-state index in [0.29, 0.717) is 0 Å². The number of oxime groups is 1. The van der Waals surface area contributed by atoms with Crippen molar-refractivity contribution in [1.29, 1.82) is 0 Å². The van der Waals surface area contributed by atoms with Crippen LogP contribution in [0.25, 0.3) is 0 Å². The molecule has 1 fully saturated rings. The monoisotopic (exact) mass is 195 g/mol. The number of benzene rings is 1. The normalized spacial score (nSPS) is 19.2. The summed E-state index contributed by atoms with van der Waals surface area (Å²) in [5.74, 6) is 0. The minimum absolute atomic E-state index is 0.0145. The van der Waals surface area contributed by atoms with Gasteiger partial charge in [-0.3, -0.25) is 0 Å². The molecular weight excluding hydrogens is 186 g/mol. The molecule has 0 aliphatic heterocycles. The van der Waals surface area contributed by atoms with E-state index in [0.717, 1.165) is 17.9 Å². The number of hydrogen-bond donors (Lipinski definition) is 1. The molecule has 1 aliphatic carbocycles. The van der Waals surface area contributed by atoms with Crippen molar-refractivity contribution in [3.05, 3.63) is 34.9 Å². The minimum atomic E-state index is -0.0145. The standard InChI is InChI=1S/C10H10ClNO/c11-9-3-1-8(2-4-9)10(5-6-10)7-12-13/h1-4,7,13H,5-6H2/b12-7+. The third-order valence-electron chi connectivity index (χ3n) is 2.51. The fourth-order valence-electron chi connectivity index (χ4n) is 1.52. The van der Waals surface area contributed by atoms with E-state index in [4.69, 9.17) is 16.8 Å². The Labute approximate surface area is 81.8 Å². The summed E-state index contributed by atoms with van der Waals surface area (Å²) in [6.07, 6.45) is 3.72. The smallest absolute Gasteiger partial charge is 0.0541 e. The second-order valence-electron chi connectivity index (χ2n) is 3.41. The lowest BCUT2D eigenvalue weighted by Gasteiger charge is -2.07. The van der Waals surface area contributed by atoms with E-state index in [1.54, 1.807) is 6.21 Å². The zero-order valence-corrected chi connectivity index (χ0v) is 7.83. The molecule has 1 aromatic carbocycles. The molecule has 3 heteroatoms. The van der Waals surface area contributed by atoms with Gasteiger partial charge >= 0.3 is 0 Å². The lowest BCUT2D eigenvalue weighted by molar-refractivity contribution is 0.319. The Morgan fingerprint density at radius 2 is 1.92 bits per heavy atom. The van der Waals surface area contributed by atoms with Gasteiger partial charge in [0.05, 0.1) is 6.21 Å². The molecule has 0 radical (unpaired) electrons. The van der Waals surface area contributed by atoms with Gasteiger partial charge in [-0.15, -0.1) is 5.16 Å². The molecule has 2 rings (SSSR count). The van der Waals surface area contributed by atoms with Crippen LogP contribution < -0.4 is 0 Å². The largest absolute Gasteiger partial charge is 0.411 e. The summed E-state index contributed by atoms with van der Waals surface area (Å²) >= 11 is 5.78. The quantitative estimate of drug-likeness (QED) is 0.439. The van der Waals surface area contributed by atoms with E-state index in [-0.39, 0.29) is 5.41 Å². The molecule has 0 saturated heterocycles. The van der Waals surface area contributed by atoms with Gasteiger partial charge in [0, 0.05) is 10.4 Å². The van der Waals surface area contributed by atoms with Crippen molar-refractivity contribution >= 4 is 17.8 Å². The Hall–Kier alpha value is -1.02. The van der Waals surface area contributed by atoms with Crippen LogP contribution >= 0.6 is 11.6 Å². The fourth-order valence-corrected chi connectivity index (χ4v) is 1.65. The highest BCUT2D eigenvalue weighted by Crippen LogP contribution is 2.46. The molecule has 1 N–H and O–H groups in total. The summed E-state index contributed by atoms with van der Waals surface area (Å²) in [6.45, 7) is 0. The van der Waals surface area contributed by atoms with E-state index >= 15 is 0 Å². The molecule has 2 nitrogen and oxygen atoms in total. The first-order chi connectivity index (χ1) is 6.27. The third-order valence-corrected chi connectivity index (χ3v) is 2.76. The van der Waals surface area contributed by atoms with Crippen LogP contribution in [0, 0.1) is 0 Å². The van der Waals surface area contributed by atoms with Gasteiger partial charge < -0.3 is 5.21 Å². The molecule has 0 aromatic heterocycles. The lowest BCUT2D eigenvalue weighted by atomic mass is 9.98. The molecule has 13 heavy (non-hydrogen) atoms. The zero-order chi connectivity index (χ0) is 9.31. The topological polar surface area (TPSA) is 32.6 Å². The Kier molecular flexibility index (Phi) is 2.00. The van der Waals surface area contributed by atoms with Gasteiger partial charge in [-0.1, -0.05) is 23.7 Å². The van der Waals surface area contributed by atoms with Crippen LogP contribution in [0.4, 0.5) is 0 Å². The van der Waals surface area contributed by atoms with E-state index in [1.165, 1.54) is 5.56 Å². The number of nitrogens with zero attached hydrogens (tertiary/aromatic N) is 1. The van der Waals surface area contributed by atoms with Crippen LogP contribution in [0.3, 0.4) is 0 Å². The highest BCUT2D eigenvalue weighted by molar-refractivity contribution is 6.30. The van der Waals surface area contributed by atoms with E-state index in [2.05, 4.69) is 5.16 Å². The van der Waals surface area contributed by atoms with Crippen molar-refractivity contribution in [3.8, 4) is 0 Å². The van der Waals surface area contributed by atoms with Crippen molar-refractivity contribution in [2.75, 3.05) is 0 Å². The van der Waals surface area contributed by atoms with Crippen molar-refractivity contribution in [2.45, 2.75) is 18.3 Å². The SMILES string of the molecule is O/N=C/C1(c2ccc(Cl)cc2)CC1. The summed E-state index contributed by atoms with van der Waals surface area (Å²) < 4.78 is 0. The summed E-state index contributed by atoms with van der Waals surface area (Å²) in [5, 5.41) is 12.3. The highest BCUT2D eigenvalue weighted by Gasteiger charge is 2.43. The zero-order valence-electron chi connectivity index (χ0n) is 7.07. The van der Waals surface area contributed by atoms with Gasteiger partial charge in [0.1, 0.15) is 0 Å². The summed E-state index contributed by atoms with van der Waals surface area (Å²) in [6, 6.07) is 7.69. The predicted molar refractivity (Wildman–Crippen MR) is 52.6 cm³/mol. The first-order valence-electron chi connectivity index (χ1n) is 4.21. The lowest BCUT2D eigenvalue weighted by Crippen LogP contribution is -2.07. The number of hydrogen-bond acceptors (Lipinski definition) is 2.